The minimum absolute atomic E-state index is 0.262. The minimum atomic E-state index is -4.43. The quantitative estimate of drug-likeness (QED) is 0.804. The molecule has 0 aliphatic carbocycles. The van der Waals surface area contributed by atoms with Crippen LogP contribution in [0, 0.1) is 17.6 Å². The Kier molecular flexibility index (Phi) is 5.58. The summed E-state index contributed by atoms with van der Waals surface area (Å²) in [7, 11) is -4.43. The van der Waals surface area contributed by atoms with Crippen molar-refractivity contribution in [2.45, 2.75) is 24.7 Å². The van der Waals surface area contributed by atoms with Crippen LogP contribution in [-0.4, -0.2) is 26.0 Å². The summed E-state index contributed by atoms with van der Waals surface area (Å²) in [5.41, 5.74) is 0. The number of nitrogens with one attached hydrogen (secondary N) is 1. The molecule has 1 rings (SSSR count). The van der Waals surface area contributed by atoms with Crippen molar-refractivity contribution in [1.82, 2.24) is 4.72 Å². The Balaban J connectivity index is 2.93. The number of aliphatic carboxylic acids is 1. The van der Waals surface area contributed by atoms with Gasteiger partial charge in [0, 0.05) is 6.54 Å². The predicted octanol–water partition coefficient (Wildman–Crippen LogP) is 1.74. The molecule has 0 bridgehead atoms. The van der Waals surface area contributed by atoms with Crippen molar-refractivity contribution in [2.75, 3.05) is 6.54 Å². The number of hydrogen-bond donors (Lipinski definition) is 2. The van der Waals surface area contributed by atoms with Crippen molar-refractivity contribution >= 4 is 16.0 Å². The maximum Gasteiger partial charge on any atom is 0.307 e. The zero-order chi connectivity index (χ0) is 15.3. The average Bonchev–Trinajstić information content (AvgIpc) is 2.33. The zero-order valence-corrected chi connectivity index (χ0v) is 11.6. The van der Waals surface area contributed by atoms with Crippen LogP contribution in [0.4, 0.5) is 8.78 Å². The highest BCUT2D eigenvalue weighted by Crippen LogP contribution is 2.18. The highest BCUT2D eigenvalue weighted by atomic mass is 32.2. The summed E-state index contributed by atoms with van der Waals surface area (Å²) < 4.78 is 52.4. The van der Waals surface area contributed by atoms with E-state index in [-0.39, 0.29) is 6.42 Å². The number of benzene rings is 1. The molecule has 20 heavy (non-hydrogen) atoms. The molecule has 0 radical (unpaired) electrons. The fraction of sp³-hybridized carbons (Fsp3) is 0.417. The lowest BCUT2D eigenvalue weighted by molar-refractivity contribution is -0.141. The minimum Gasteiger partial charge on any atom is -0.481 e. The standard InChI is InChI=1S/C12H15F2NO4S/c1-2-4-8(12(16)17)7-15-20(18,19)11-9(13)5-3-6-10(11)14/h3,5-6,8,15H,2,4,7H2,1H3,(H,16,17). The molecule has 1 unspecified atom stereocenters. The first-order chi connectivity index (χ1) is 9.29. The normalized spacial score (nSPS) is 13.2. The van der Waals surface area contributed by atoms with E-state index in [9.17, 15) is 22.0 Å². The van der Waals surface area contributed by atoms with Crippen molar-refractivity contribution in [3.63, 3.8) is 0 Å². The van der Waals surface area contributed by atoms with Crippen LogP contribution in [-0.2, 0) is 14.8 Å². The van der Waals surface area contributed by atoms with E-state index < -0.39 is 45.0 Å². The van der Waals surface area contributed by atoms with Gasteiger partial charge in [-0.2, -0.15) is 0 Å². The molecule has 112 valence electrons. The van der Waals surface area contributed by atoms with Crippen LogP contribution >= 0.6 is 0 Å². The smallest absolute Gasteiger partial charge is 0.307 e. The van der Waals surface area contributed by atoms with Crippen LogP contribution in [0.1, 0.15) is 19.8 Å². The second-order valence-electron chi connectivity index (χ2n) is 4.23. The molecule has 2 N–H and O–H groups in total. The Morgan fingerprint density at radius 1 is 1.35 bits per heavy atom. The van der Waals surface area contributed by atoms with Gasteiger partial charge in [0.25, 0.3) is 0 Å². The molecule has 0 aliphatic heterocycles. The molecule has 5 nitrogen and oxygen atoms in total. The van der Waals surface area contributed by atoms with E-state index in [1.165, 1.54) is 0 Å². The van der Waals surface area contributed by atoms with Gasteiger partial charge < -0.3 is 5.11 Å². The van der Waals surface area contributed by atoms with Gasteiger partial charge in [-0.05, 0) is 18.6 Å². The first-order valence-electron chi connectivity index (χ1n) is 5.96. The summed E-state index contributed by atoms with van der Waals surface area (Å²) in [4.78, 5) is 9.80. The molecule has 0 fully saturated rings. The van der Waals surface area contributed by atoms with Gasteiger partial charge >= 0.3 is 5.97 Å². The molecule has 0 saturated carbocycles. The first-order valence-corrected chi connectivity index (χ1v) is 7.44. The van der Waals surface area contributed by atoms with Crippen molar-refractivity contribution in [1.29, 1.82) is 0 Å². The Labute approximate surface area is 115 Å². The van der Waals surface area contributed by atoms with Crippen LogP contribution in [0.2, 0.25) is 0 Å². The third-order valence-corrected chi connectivity index (χ3v) is 4.17. The van der Waals surface area contributed by atoms with Gasteiger partial charge in [0.1, 0.15) is 11.6 Å². The van der Waals surface area contributed by atoms with E-state index in [4.69, 9.17) is 5.11 Å². The van der Waals surface area contributed by atoms with Crippen molar-refractivity contribution < 1.29 is 27.1 Å². The molecule has 1 aromatic rings. The summed E-state index contributed by atoms with van der Waals surface area (Å²) in [5, 5.41) is 8.90. The third kappa shape index (κ3) is 3.97. The highest BCUT2D eigenvalue weighted by molar-refractivity contribution is 7.89. The largest absolute Gasteiger partial charge is 0.481 e. The lowest BCUT2D eigenvalue weighted by Crippen LogP contribution is -2.33. The van der Waals surface area contributed by atoms with E-state index in [0.29, 0.717) is 6.42 Å². The Morgan fingerprint density at radius 2 is 1.90 bits per heavy atom. The molecule has 0 heterocycles. The zero-order valence-electron chi connectivity index (χ0n) is 10.8. The molecule has 8 heteroatoms. The Bertz CT molecular complexity index is 569. The van der Waals surface area contributed by atoms with Gasteiger partial charge in [0.2, 0.25) is 10.0 Å². The monoisotopic (exact) mass is 307 g/mol. The summed E-state index contributed by atoms with van der Waals surface area (Å²) >= 11 is 0. The maximum atomic E-state index is 13.4. The highest BCUT2D eigenvalue weighted by Gasteiger charge is 2.26. The molecule has 0 saturated heterocycles. The van der Waals surface area contributed by atoms with Crippen LogP contribution in [0.15, 0.2) is 23.1 Å². The lowest BCUT2D eigenvalue weighted by Gasteiger charge is -2.13. The molecule has 0 aromatic heterocycles. The van der Waals surface area contributed by atoms with E-state index >= 15 is 0 Å². The molecule has 1 aromatic carbocycles. The third-order valence-electron chi connectivity index (χ3n) is 2.69. The van der Waals surface area contributed by atoms with Gasteiger partial charge in [0.15, 0.2) is 4.90 Å². The summed E-state index contributed by atoms with van der Waals surface area (Å²) in [6.07, 6.45) is 0.810. The van der Waals surface area contributed by atoms with Crippen LogP contribution < -0.4 is 4.72 Å². The molecule has 0 amide bonds. The average molecular weight is 307 g/mol. The number of halogens is 2. The summed E-state index contributed by atoms with van der Waals surface area (Å²) in [5.74, 6) is -4.55. The number of carbonyl (C=O) groups is 1. The van der Waals surface area contributed by atoms with Gasteiger partial charge in [-0.3, -0.25) is 4.79 Å². The number of carboxylic acid groups (broad SMARTS) is 1. The summed E-state index contributed by atoms with van der Waals surface area (Å²) in [6.45, 7) is 1.33. The molecule has 1 atom stereocenters. The fourth-order valence-electron chi connectivity index (χ4n) is 1.68. The molecular weight excluding hydrogens is 292 g/mol. The van der Waals surface area contributed by atoms with E-state index in [1.54, 1.807) is 6.92 Å². The van der Waals surface area contributed by atoms with Crippen molar-refractivity contribution in [3.8, 4) is 0 Å². The predicted molar refractivity (Wildman–Crippen MR) is 67.6 cm³/mol. The Morgan fingerprint density at radius 3 is 2.35 bits per heavy atom. The van der Waals surface area contributed by atoms with E-state index in [0.717, 1.165) is 18.2 Å². The van der Waals surface area contributed by atoms with Gasteiger partial charge in [-0.15, -0.1) is 0 Å². The van der Waals surface area contributed by atoms with Crippen LogP contribution in [0.25, 0.3) is 0 Å². The summed E-state index contributed by atoms with van der Waals surface area (Å²) in [6, 6.07) is 2.68. The van der Waals surface area contributed by atoms with Crippen molar-refractivity contribution in [2.24, 2.45) is 5.92 Å². The molecule has 0 spiro atoms. The van der Waals surface area contributed by atoms with Crippen molar-refractivity contribution in [3.05, 3.63) is 29.8 Å². The fourth-order valence-corrected chi connectivity index (χ4v) is 2.90. The topological polar surface area (TPSA) is 83.5 Å². The number of carboxylic acids is 1. The van der Waals surface area contributed by atoms with E-state index in [2.05, 4.69) is 0 Å². The first kappa shape index (κ1) is 16.5. The van der Waals surface area contributed by atoms with Crippen LogP contribution in [0.3, 0.4) is 0 Å². The second-order valence-corrected chi connectivity index (χ2v) is 5.93. The van der Waals surface area contributed by atoms with Gasteiger partial charge in [-0.25, -0.2) is 21.9 Å². The van der Waals surface area contributed by atoms with Gasteiger partial charge in [0.05, 0.1) is 5.92 Å². The SMILES string of the molecule is CCCC(CNS(=O)(=O)c1c(F)cccc1F)C(=O)O. The second kappa shape index (κ2) is 6.76. The number of rotatable bonds is 7. The Hall–Kier alpha value is -1.54. The number of hydrogen-bond acceptors (Lipinski definition) is 3. The van der Waals surface area contributed by atoms with Crippen LogP contribution in [0.5, 0.6) is 0 Å². The number of sulfonamides is 1. The van der Waals surface area contributed by atoms with E-state index in [1.807, 2.05) is 4.72 Å². The lowest BCUT2D eigenvalue weighted by atomic mass is 10.1. The molecule has 0 aliphatic rings. The van der Waals surface area contributed by atoms with Gasteiger partial charge in [-0.1, -0.05) is 19.4 Å². The molecular formula is C12H15F2NO4S. The maximum absolute atomic E-state index is 13.4.